The Labute approximate surface area is 178 Å². The molecule has 29 heavy (non-hydrogen) atoms. The van der Waals surface area contributed by atoms with Crippen molar-refractivity contribution in [3.8, 4) is 0 Å². The van der Waals surface area contributed by atoms with Crippen molar-refractivity contribution in [2.75, 3.05) is 13.1 Å². The molecule has 2 N–H and O–H groups in total. The fraction of sp³-hybridized carbons (Fsp3) is 0.739. The molecule has 1 rings (SSSR count). The molecule has 0 saturated heterocycles. The third-order valence-corrected chi connectivity index (χ3v) is 7.12. The number of unbranched alkanes of at least 4 members (excludes halogenated alkanes) is 6. The highest BCUT2D eigenvalue weighted by Gasteiger charge is 2.28. The number of hydrogen-bond donors (Lipinski definition) is 2. The first-order chi connectivity index (χ1) is 13.8. The predicted octanol–water partition coefficient (Wildman–Crippen LogP) is 4.65. The molecule has 0 radical (unpaired) electrons. The number of aryl methyl sites for hydroxylation is 1. The van der Waals surface area contributed by atoms with Gasteiger partial charge < -0.3 is 10.2 Å². The highest BCUT2D eigenvalue weighted by atomic mass is 32.2. The summed E-state index contributed by atoms with van der Waals surface area (Å²) in [5.74, 6) is 0. The Kier molecular flexibility index (Phi) is 12.7. The van der Waals surface area contributed by atoms with Gasteiger partial charge in [-0.25, -0.2) is 8.42 Å². The quantitative estimate of drug-likeness (QED) is 0.377. The van der Waals surface area contributed by atoms with E-state index in [0.29, 0.717) is 12.8 Å². The van der Waals surface area contributed by atoms with E-state index < -0.39 is 22.2 Å². The Morgan fingerprint density at radius 1 is 0.793 bits per heavy atom. The van der Waals surface area contributed by atoms with Gasteiger partial charge in [0, 0.05) is 13.1 Å². The molecule has 1 aromatic carbocycles. The van der Waals surface area contributed by atoms with E-state index in [9.17, 15) is 18.6 Å². The number of hydrogen-bond acceptors (Lipinski definition) is 4. The molecule has 0 heterocycles. The van der Waals surface area contributed by atoms with Crippen molar-refractivity contribution in [3.63, 3.8) is 0 Å². The summed E-state index contributed by atoms with van der Waals surface area (Å²) in [4.78, 5) is 0.208. The Balaban J connectivity index is 2.82. The van der Waals surface area contributed by atoms with Crippen LogP contribution in [-0.4, -0.2) is 48.2 Å². The smallest absolute Gasteiger partial charge is 0.243 e. The number of aliphatic hydroxyl groups excluding tert-OH is 2. The van der Waals surface area contributed by atoms with E-state index in [1.165, 1.54) is 4.31 Å². The lowest BCUT2D eigenvalue weighted by atomic mass is 10.1. The zero-order chi connectivity index (χ0) is 21.7. The lowest BCUT2D eigenvalue weighted by molar-refractivity contribution is 0.0966. The molecule has 0 amide bonds. The molecule has 0 aliphatic heterocycles. The minimum Gasteiger partial charge on any atom is -0.392 e. The summed E-state index contributed by atoms with van der Waals surface area (Å²) in [6, 6.07) is 6.73. The third-order valence-electron chi connectivity index (χ3n) is 5.27. The van der Waals surface area contributed by atoms with E-state index in [1.807, 2.05) is 6.92 Å². The summed E-state index contributed by atoms with van der Waals surface area (Å²) in [6.45, 7) is 6.22. The van der Waals surface area contributed by atoms with Crippen molar-refractivity contribution in [2.45, 2.75) is 102 Å². The van der Waals surface area contributed by atoms with Crippen molar-refractivity contribution < 1.29 is 18.6 Å². The number of rotatable bonds is 16. The first-order valence-electron chi connectivity index (χ1n) is 11.2. The minimum absolute atomic E-state index is 0.0222. The summed E-state index contributed by atoms with van der Waals surface area (Å²) < 4.78 is 27.6. The van der Waals surface area contributed by atoms with Gasteiger partial charge in [-0.2, -0.15) is 4.31 Å². The molecule has 6 heteroatoms. The topological polar surface area (TPSA) is 77.8 Å². The molecule has 1 aromatic rings. The maximum absolute atomic E-state index is 13.2. The van der Waals surface area contributed by atoms with E-state index in [-0.39, 0.29) is 18.0 Å². The number of nitrogens with zero attached hydrogens (tertiary/aromatic N) is 1. The van der Waals surface area contributed by atoms with Crippen LogP contribution >= 0.6 is 0 Å². The van der Waals surface area contributed by atoms with Crippen molar-refractivity contribution in [1.29, 1.82) is 0 Å². The molecule has 5 nitrogen and oxygen atoms in total. The van der Waals surface area contributed by atoms with Crippen LogP contribution < -0.4 is 0 Å². The first kappa shape index (κ1) is 26.1. The second-order valence-electron chi connectivity index (χ2n) is 8.14. The van der Waals surface area contributed by atoms with Crippen LogP contribution in [0.25, 0.3) is 0 Å². The van der Waals surface area contributed by atoms with Gasteiger partial charge in [-0.3, -0.25) is 0 Å². The molecule has 2 atom stereocenters. The highest BCUT2D eigenvalue weighted by Crippen LogP contribution is 2.19. The van der Waals surface area contributed by atoms with Gasteiger partial charge in [0.05, 0.1) is 17.1 Å². The first-order valence-corrected chi connectivity index (χ1v) is 12.7. The van der Waals surface area contributed by atoms with E-state index in [2.05, 4.69) is 13.8 Å². The van der Waals surface area contributed by atoms with E-state index in [1.54, 1.807) is 24.3 Å². The molecule has 0 aliphatic rings. The summed E-state index contributed by atoms with van der Waals surface area (Å²) >= 11 is 0. The van der Waals surface area contributed by atoms with Gasteiger partial charge in [0.15, 0.2) is 0 Å². The van der Waals surface area contributed by atoms with Crippen molar-refractivity contribution in [1.82, 2.24) is 4.31 Å². The number of sulfonamides is 1. The van der Waals surface area contributed by atoms with Crippen molar-refractivity contribution in [2.24, 2.45) is 0 Å². The fourth-order valence-corrected chi connectivity index (χ4v) is 4.91. The summed E-state index contributed by atoms with van der Waals surface area (Å²) in [6.07, 6.45) is 8.03. The van der Waals surface area contributed by atoms with Crippen LogP contribution in [0.5, 0.6) is 0 Å². The molecular weight excluding hydrogens is 386 g/mol. The normalized spacial score (nSPS) is 14.3. The second-order valence-corrected chi connectivity index (χ2v) is 10.1. The SMILES string of the molecule is CCCCCC[C@@H](O)CN(C[C@H](O)CCCCCC)S(=O)(=O)c1ccc(C)cc1. The standard InChI is InChI=1S/C23H41NO4S/c1-4-6-8-10-12-21(25)18-24(19-22(26)13-11-9-7-5-2)29(27,28)23-16-14-20(3)15-17-23/h14-17,21-22,25-26H,4-13,18-19H2,1-3H3/t21-,22-/m1/s1. The molecule has 0 bridgehead atoms. The van der Waals surface area contributed by atoms with Gasteiger partial charge in [-0.05, 0) is 31.9 Å². The highest BCUT2D eigenvalue weighted by molar-refractivity contribution is 7.89. The van der Waals surface area contributed by atoms with Crippen LogP contribution in [0.4, 0.5) is 0 Å². The third kappa shape index (κ3) is 10.1. The zero-order valence-corrected chi connectivity index (χ0v) is 19.3. The van der Waals surface area contributed by atoms with E-state index in [4.69, 9.17) is 0 Å². The molecule has 0 saturated carbocycles. The van der Waals surface area contributed by atoms with Crippen LogP contribution in [0.1, 0.15) is 83.6 Å². The van der Waals surface area contributed by atoms with Crippen LogP contribution in [-0.2, 0) is 10.0 Å². The zero-order valence-electron chi connectivity index (χ0n) is 18.5. The minimum atomic E-state index is -3.77. The molecule has 0 spiro atoms. The van der Waals surface area contributed by atoms with Gasteiger partial charge in [-0.15, -0.1) is 0 Å². The summed E-state index contributed by atoms with van der Waals surface area (Å²) in [5.41, 5.74) is 0.988. The lowest BCUT2D eigenvalue weighted by Crippen LogP contribution is -2.42. The number of benzene rings is 1. The lowest BCUT2D eigenvalue weighted by Gasteiger charge is -2.27. The van der Waals surface area contributed by atoms with Crippen LogP contribution in [0.2, 0.25) is 0 Å². The van der Waals surface area contributed by atoms with Crippen LogP contribution in [0.3, 0.4) is 0 Å². The average Bonchev–Trinajstić information content (AvgIpc) is 2.68. The largest absolute Gasteiger partial charge is 0.392 e. The molecule has 0 aromatic heterocycles. The van der Waals surface area contributed by atoms with E-state index in [0.717, 1.165) is 56.9 Å². The maximum Gasteiger partial charge on any atom is 0.243 e. The Hall–Kier alpha value is -0.950. The molecule has 0 unspecified atom stereocenters. The van der Waals surface area contributed by atoms with Gasteiger partial charge in [-0.1, -0.05) is 82.9 Å². The molecule has 0 fully saturated rings. The monoisotopic (exact) mass is 427 g/mol. The summed E-state index contributed by atoms with van der Waals surface area (Å²) in [7, 11) is -3.77. The van der Waals surface area contributed by atoms with Gasteiger partial charge in [0.2, 0.25) is 10.0 Å². The fourth-order valence-electron chi connectivity index (χ4n) is 3.40. The predicted molar refractivity (Wildman–Crippen MR) is 119 cm³/mol. The van der Waals surface area contributed by atoms with Crippen molar-refractivity contribution >= 4 is 10.0 Å². The van der Waals surface area contributed by atoms with Crippen LogP contribution in [0.15, 0.2) is 29.2 Å². The second kappa shape index (κ2) is 14.1. The average molecular weight is 428 g/mol. The van der Waals surface area contributed by atoms with E-state index >= 15 is 0 Å². The molecule has 168 valence electrons. The van der Waals surface area contributed by atoms with Crippen molar-refractivity contribution in [3.05, 3.63) is 29.8 Å². The Bertz CT molecular complexity index is 625. The summed E-state index contributed by atoms with van der Waals surface area (Å²) in [5, 5.41) is 20.9. The Morgan fingerprint density at radius 3 is 1.66 bits per heavy atom. The van der Waals surface area contributed by atoms with Gasteiger partial charge >= 0.3 is 0 Å². The molecule has 0 aliphatic carbocycles. The van der Waals surface area contributed by atoms with Gasteiger partial charge in [0.1, 0.15) is 0 Å². The molecular formula is C23H41NO4S. The number of aliphatic hydroxyl groups is 2. The Morgan fingerprint density at radius 2 is 1.24 bits per heavy atom. The van der Waals surface area contributed by atoms with Crippen LogP contribution in [0, 0.1) is 6.92 Å². The van der Waals surface area contributed by atoms with Gasteiger partial charge in [0.25, 0.3) is 0 Å². The maximum atomic E-state index is 13.2.